The van der Waals surface area contributed by atoms with Crippen LogP contribution in [0.2, 0.25) is 5.02 Å². The van der Waals surface area contributed by atoms with Crippen molar-refractivity contribution >= 4 is 40.4 Å². The average Bonchev–Trinajstić information content (AvgIpc) is 3.45. The lowest BCUT2D eigenvalue weighted by molar-refractivity contribution is 0.142. The number of anilines is 4. The van der Waals surface area contributed by atoms with Gasteiger partial charge < -0.3 is 31.9 Å². The predicted octanol–water partition coefficient (Wildman–Crippen LogP) is 2.94. The quantitative estimate of drug-likeness (QED) is 0.379. The number of aromatic nitrogens is 4. The zero-order chi connectivity index (χ0) is 24.9. The fourth-order valence-corrected chi connectivity index (χ4v) is 5.78. The minimum Gasteiger partial charge on any atom is -0.370 e. The summed E-state index contributed by atoms with van der Waals surface area (Å²) in [4.78, 5) is 14.1. The van der Waals surface area contributed by atoms with E-state index in [9.17, 15) is 0 Å². The van der Waals surface area contributed by atoms with Gasteiger partial charge in [-0.25, -0.2) is 9.50 Å². The van der Waals surface area contributed by atoms with Crippen LogP contribution in [-0.2, 0) is 13.1 Å². The Morgan fingerprint density at radius 3 is 2.61 bits per heavy atom. The van der Waals surface area contributed by atoms with Crippen LogP contribution in [0.5, 0.6) is 0 Å². The summed E-state index contributed by atoms with van der Waals surface area (Å²) in [6.45, 7) is 5.11. The third kappa shape index (κ3) is 4.47. The molecule has 0 bridgehead atoms. The van der Waals surface area contributed by atoms with Crippen molar-refractivity contribution in [3.05, 3.63) is 34.6 Å². The lowest BCUT2D eigenvalue weighted by Gasteiger charge is -2.38. The fourth-order valence-electron chi connectivity index (χ4n) is 5.51. The van der Waals surface area contributed by atoms with Gasteiger partial charge in [0.05, 0.1) is 28.3 Å². The molecule has 6 N–H and O–H groups in total. The van der Waals surface area contributed by atoms with Crippen molar-refractivity contribution in [3.63, 3.8) is 0 Å². The summed E-state index contributed by atoms with van der Waals surface area (Å²) in [5.41, 5.74) is 16.7. The van der Waals surface area contributed by atoms with E-state index in [1.807, 2.05) is 6.07 Å². The van der Waals surface area contributed by atoms with E-state index in [1.54, 1.807) is 10.7 Å². The normalized spacial score (nSPS) is 19.9. The molecule has 10 nitrogen and oxygen atoms in total. The van der Waals surface area contributed by atoms with Gasteiger partial charge in [0.2, 0.25) is 5.95 Å². The maximum atomic E-state index is 7.04. The number of likely N-dealkylation sites (tertiary alicyclic amines) is 1. The second kappa shape index (κ2) is 9.33. The monoisotopic (exact) mass is 510 g/mol. The molecule has 2 saturated heterocycles. The summed E-state index contributed by atoms with van der Waals surface area (Å²) in [5.74, 6) is 1.14. The molecule has 0 unspecified atom stereocenters. The number of nitrogens with one attached hydrogen (secondary N) is 2. The van der Waals surface area contributed by atoms with Gasteiger partial charge in [0.15, 0.2) is 11.5 Å². The highest BCUT2D eigenvalue weighted by molar-refractivity contribution is 6.36. The first-order valence-corrected chi connectivity index (χ1v) is 13.3. The van der Waals surface area contributed by atoms with Crippen LogP contribution in [-0.4, -0.2) is 63.8 Å². The first kappa shape index (κ1) is 23.7. The Bertz CT molecular complexity index is 1260. The third-order valence-electron chi connectivity index (χ3n) is 7.98. The van der Waals surface area contributed by atoms with Crippen LogP contribution in [0.4, 0.5) is 23.1 Å². The Kier molecular flexibility index (Phi) is 6.15. The molecular weight excluding hydrogens is 476 g/mol. The highest BCUT2D eigenvalue weighted by Crippen LogP contribution is 2.45. The molecule has 1 saturated carbocycles. The number of hydrogen-bond acceptors (Lipinski definition) is 9. The highest BCUT2D eigenvalue weighted by Gasteiger charge is 2.40. The van der Waals surface area contributed by atoms with Gasteiger partial charge in [-0.3, -0.25) is 0 Å². The van der Waals surface area contributed by atoms with Crippen molar-refractivity contribution in [1.82, 2.24) is 24.5 Å². The van der Waals surface area contributed by atoms with Crippen LogP contribution in [0.25, 0.3) is 5.65 Å². The van der Waals surface area contributed by atoms with Crippen molar-refractivity contribution < 1.29 is 0 Å². The highest BCUT2D eigenvalue weighted by atomic mass is 35.5. The van der Waals surface area contributed by atoms with Gasteiger partial charge in [-0.05, 0) is 75.4 Å². The molecule has 2 aromatic heterocycles. The van der Waals surface area contributed by atoms with E-state index in [1.165, 1.54) is 19.3 Å². The van der Waals surface area contributed by atoms with E-state index < -0.39 is 0 Å². The summed E-state index contributed by atoms with van der Waals surface area (Å²) in [5, 5.41) is 12.2. The largest absolute Gasteiger partial charge is 0.370 e. The van der Waals surface area contributed by atoms with E-state index in [0.29, 0.717) is 47.0 Å². The van der Waals surface area contributed by atoms with Crippen LogP contribution in [0, 0.1) is 5.41 Å². The number of halogens is 1. The Morgan fingerprint density at radius 1 is 1.11 bits per heavy atom. The number of rotatable bonds is 7. The molecule has 11 heteroatoms. The van der Waals surface area contributed by atoms with Crippen LogP contribution >= 0.6 is 11.6 Å². The molecule has 3 aromatic rings. The number of imidazole rings is 1. The first-order chi connectivity index (χ1) is 17.5. The number of nitrogens with zero attached hydrogens (tertiary/aromatic N) is 6. The van der Waals surface area contributed by atoms with Gasteiger partial charge in [-0.1, -0.05) is 11.6 Å². The average molecular weight is 511 g/mol. The summed E-state index contributed by atoms with van der Waals surface area (Å²) in [6, 6.07) is 4.55. The fraction of sp³-hybridized carbons (Fsp3) is 0.560. The van der Waals surface area contributed by atoms with Gasteiger partial charge in [0.1, 0.15) is 0 Å². The maximum absolute atomic E-state index is 7.04. The van der Waals surface area contributed by atoms with Crippen molar-refractivity contribution in [2.45, 2.75) is 51.2 Å². The second-order valence-electron chi connectivity index (χ2n) is 10.7. The minimum absolute atomic E-state index is 0.334. The molecule has 192 valence electrons. The van der Waals surface area contributed by atoms with Crippen molar-refractivity contribution in [2.24, 2.45) is 16.9 Å². The van der Waals surface area contributed by atoms with Gasteiger partial charge in [0, 0.05) is 32.2 Å². The summed E-state index contributed by atoms with van der Waals surface area (Å²) < 4.78 is 1.76. The first-order valence-electron chi connectivity index (χ1n) is 12.9. The van der Waals surface area contributed by atoms with E-state index in [4.69, 9.17) is 33.2 Å². The Balaban J connectivity index is 1.32. The molecule has 36 heavy (non-hydrogen) atoms. The molecule has 1 spiro atoms. The van der Waals surface area contributed by atoms with E-state index >= 15 is 0 Å². The number of benzene rings is 1. The Morgan fingerprint density at radius 2 is 1.89 bits per heavy atom. The summed E-state index contributed by atoms with van der Waals surface area (Å²) >= 11 is 7.04. The van der Waals surface area contributed by atoms with Crippen LogP contribution in [0.1, 0.15) is 43.4 Å². The molecule has 0 atom stereocenters. The van der Waals surface area contributed by atoms with E-state index in [-0.39, 0.29) is 0 Å². The minimum atomic E-state index is 0.334. The molecule has 0 radical (unpaired) electrons. The van der Waals surface area contributed by atoms with Gasteiger partial charge in [-0.15, -0.1) is 5.10 Å². The molecule has 2 aliphatic heterocycles. The van der Waals surface area contributed by atoms with Gasteiger partial charge in [0.25, 0.3) is 0 Å². The molecule has 1 aliphatic carbocycles. The van der Waals surface area contributed by atoms with Crippen LogP contribution in [0.3, 0.4) is 0 Å². The molecule has 0 amide bonds. The topological polar surface area (TPSA) is 126 Å². The Hall–Kier alpha value is -2.66. The smallest absolute Gasteiger partial charge is 0.247 e. The standard InChI is InChI=1S/C25H35ClN10/c1-34-7-4-25(5-8-34)6-9-35(15-25)20-11-16(12-27)10-19(21(20)26)31-24-32-22(30-17-2-3-17)23-29-14-18(13-28)36(23)33-24/h10-11,14,17H,2-9,12-13,15,27-28H2,1H3,(H2,30,31,32,33). The summed E-state index contributed by atoms with van der Waals surface area (Å²) in [6.07, 6.45) is 7.68. The van der Waals surface area contributed by atoms with Crippen LogP contribution < -0.4 is 27.0 Å². The molecule has 3 fully saturated rings. The Labute approximate surface area is 216 Å². The number of nitrogens with two attached hydrogens (primary N) is 2. The molecule has 1 aromatic carbocycles. The van der Waals surface area contributed by atoms with Crippen LogP contribution in [0.15, 0.2) is 18.3 Å². The molecule has 6 rings (SSSR count). The number of hydrogen-bond donors (Lipinski definition) is 4. The van der Waals surface area contributed by atoms with E-state index in [2.05, 4.69) is 38.5 Å². The van der Waals surface area contributed by atoms with Crippen molar-refractivity contribution in [1.29, 1.82) is 0 Å². The molecule has 3 aliphatic rings. The second-order valence-corrected chi connectivity index (χ2v) is 11.1. The lowest BCUT2D eigenvalue weighted by Crippen LogP contribution is -2.39. The third-order valence-corrected chi connectivity index (χ3v) is 8.38. The maximum Gasteiger partial charge on any atom is 0.247 e. The van der Waals surface area contributed by atoms with Crippen molar-refractivity contribution in [3.8, 4) is 0 Å². The summed E-state index contributed by atoms with van der Waals surface area (Å²) in [7, 11) is 2.21. The number of piperidine rings is 1. The van der Waals surface area contributed by atoms with Gasteiger partial charge >= 0.3 is 0 Å². The molecular formula is C25H35ClN10. The van der Waals surface area contributed by atoms with Crippen molar-refractivity contribution in [2.75, 3.05) is 48.8 Å². The zero-order valence-electron chi connectivity index (χ0n) is 20.8. The lowest BCUT2D eigenvalue weighted by atomic mass is 9.78. The van der Waals surface area contributed by atoms with E-state index in [0.717, 1.165) is 61.7 Å². The number of fused-ring (bicyclic) bond motifs is 1. The predicted molar refractivity (Wildman–Crippen MR) is 144 cm³/mol. The van der Waals surface area contributed by atoms with Gasteiger partial charge in [-0.2, -0.15) is 4.98 Å². The molecule has 4 heterocycles. The zero-order valence-corrected chi connectivity index (χ0v) is 21.6. The SMILES string of the molecule is CN1CCC2(CC1)CCN(c1cc(CN)cc(Nc3nc(NC4CC4)c4ncc(CN)n4n3)c1Cl)C2.